The maximum atomic E-state index is 12.4. The molecular weight excluding hydrogens is 214 g/mol. The summed E-state index contributed by atoms with van der Waals surface area (Å²) in [6, 6.07) is 7.20. The molecule has 0 N–H and O–H groups in total. The Kier molecular flexibility index (Phi) is 2.62. The summed E-state index contributed by atoms with van der Waals surface area (Å²) in [7, 11) is 1.70. The van der Waals surface area contributed by atoms with Crippen molar-refractivity contribution in [1.82, 2.24) is 0 Å². The fraction of sp³-hybridized carbons (Fsp3) is 0.286. The van der Waals surface area contributed by atoms with Gasteiger partial charge in [0.25, 0.3) is 0 Å². The first-order valence-corrected chi connectivity index (χ1v) is 5.55. The largest absolute Gasteiger partial charge is 0.314 e. The van der Waals surface area contributed by atoms with Gasteiger partial charge in [0.05, 0.1) is 5.69 Å². The summed E-state index contributed by atoms with van der Waals surface area (Å²) < 4.78 is 0. The van der Waals surface area contributed by atoms with E-state index >= 15 is 0 Å². The Balaban J connectivity index is 2.62. The van der Waals surface area contributed by atoms with Gasteiger partial charge in [0.2, 0.25) is 5.91 Å². The van der Waals surface area contributed by atoms with Gasteiger partial charge < -0.3 is 4.90 Å². The van der Waals surface area contributed by atoms with E-state index < -0.39 is 5.41 Å². The minimum atomic E-state index is -1.01. The average molecular weight is 229 g/mol. The quantitative estimate of drug-likeness (QED) is 0.577. The smallest absolute Gasteiger partial charge is 0.240 e. The van der Waals surface area contributed by atoms with Crippen molar-refractivity contribution in [2.24, 2.45) is 5.41 Å². The van der Waals surface area contributed by atoms with Crippen LogP contribution in [-0.4, -0.2) is 18.7 Å². The molecule has 1 aliphatic rings. The number of carbonyl (C=O) groups excluding carboxylic acids is 2. The van der Waals surface area contributed by atoms with E-state index in [4.69, 9.17) is 0 Å². The van der Waals surface area contributed by atoms with Crippen LogP contribution in [0.1, 0.15) is 23.7 Å². The number of rotatable bonds is 2. The predicted octanol–water partition coefficient (Wildman–Crippen LogP) is 2.43. The lowest BCUT2D eigenvalue weighted by Crippen LogP contribution is -2.49. The summed E-state index contributed by atoms with van der Waals surface area (Å²) in [6.07, 6.45) is 1.99. The van der Waals surface area contributed by atoms with Crippen molar-refractivity contribution in [3.63, 3.8) is 0 Å². The van der Waals surface area contributed by atoms with Crippen molar-refractivity contribution in [1.29, 1.82) is 0 Å². The zero-order valence-electron chi connectivity index (χ0n) is 10.1. The van der Waals surface area contributed by atoms with Gasteiger partial charge in [-0.05, 0) is 25.5 Å². The second kappa shape index (κ2) is 3.84. The number of benzene rings is 1. The van der Waals surface area contributed by atoms with Gasteiger partial charge in [-0.15, -0.1) is 6.58 Å². The number of para-hydroxylation sites is 1. The first-order valence-electron chi connectivity index (χ1n) is 5.55. The third-order valence-corrected chi connectivity index (χ3v) is 3.34. The number of carbonyl (C=O) groups is 2. The van der Waals surface area contributed by atoms with E-state index in [1.54, 1.807) is 37.1 Å². The van der Waals surface area contributed by atoms with Crippen LogP contribution in [0.25, 0.3) is 0 Å². The molecule has 1 heterocycles. The molecule has 0 aliphatic carbocycles. The summed E-state index contributed by atoms with van der Waals surface area (Å²) in [5, 5.41) is 0. The van der Waals surface area contributed by atoms with E-state index in [0.29, 0.717) is 17.7 Å². The van der Waals surface area contributed by atoms with Gasteiger partial charge >= 0.3 is 0 Å². The average Bonchev–Trinajstić information content (AvgIpc) is 2.35. The number of nitrogens with zero attached hydrogens (tertiary/aromatic N) is 1. The fourth-order valence-corrected chi connectivity index (χ4v) is 2.30. The number of anilines is 1. The number of hydrogen-bond acceptors (Lipinski definition) is 2. The Morgan fingerprint density at radius 1 is 1.35 bits per heavy atom. The lowest BCUT2D eigenvalue weighted by molar-refractivity contribution is -0.125. The highest BCUT2D eigenvalue weighted by molar-refractivity contribution is 6.24. The number of hydrogen-bond donors (Lipinski definition) is 0. The van der Waals surface area contributed by atoms with Crippen LogP contribution >= 0.6 is 0 Å². The first-order chi connectivity index (χ1) is 8.02. The lowest BCUT2D eigenvalue weighted by Gasteiger charge is -2.36. The van der Waals surface area contributed by atoms with Gasteiger partial charge in [-0.2, -0.15) is 0 Å². The first kappa shape index (κ1) is 11.6. The van der Waals surface area contributed by atoms with E-state index in [1.165, 1.54) is 0 Å². The fourth-order valence-electron chi connectivity index (χ4n) is 2.30. The van der Waals surface area contributed by atoms with Crippen molar-refractivity contribution >= 4 is 17.4 Å². The molecule has 0 radical (unpaired) electrons. The molecule has 0 saturated heterocycles. The molecule has 17 heavy (non-hydrogen) atoms. The third-order valence-electron chi connectivity index (χ3n) is 3.34. The highest BCUT2D eigenvalue weighted by atomic mass is 16.2. The van der Waals surface area contributed by atoms with Crippen molar-refractivity contribution in [2.75, 3.05) is 11.9 Å². The van der Waals surface area contributed by atoms with Gasteiger partial charge in [-0.3, -0.25) is 9.59 Å². The van der Waals surface area contributed by atoms with Gasteiger partial charge in [-0.25, -0.2) is 0 Å². The van der Waals surface area contributed by atoms with Gasteiger partial charge in [0.15, 0.2) is 5.78 Å². The van der Waals surface area contributed by atoms with Crippen LogP contribution in [0.5, 0.6) is 0 Å². The molecule has 88 valence electrons. The van der Waals surface area contributed by atoms with E-state index in [1.807, 2.05) is 12.1 Å². The summed E-state index contributed by atoms with van der Waals surface area (Å²) in [4.78, 5) is 26.2. The van der Waals surface area contributed by atoms with Crippen LogP contribution in [0.15, 0.2) is 36.9 Å². The zero-order valence-corrected chi connectivity index (χ0v) is 10.1. The van der Waals surface area contributed by atoms with Gasteiger partial charge in [0, 0.05) is 12.6 Å². The van der Waals surface area contributed by atoms with Crippen LogP contribution in [0.4, 0.5) is 5.69 Å². The van der Waals surface area contributed by atoms with Crippen LogP contribution in [0.2, 0.25) is 0 Å². The molecule has 1 aromatic carbocycles. The molecule has 0 fully saturated rings. The molecule has 0 spiro atoms. The van der Waals surface area contributed by atoms with E-state index in [9.17, 15) is 9.59 Å². The molecule has 3 heteroatoms. The zero-order chi connectivity index (χ0) is 12.6. The van der Waals surface area contributed by atoms with Crippen molar-refractivity contribution in [3.8, 4) is 0 Å². The topological polar surface area (TPSA) is 37.4 Å². The van der Waals surface area contributed by atoms with E-state index in [2.05, 4.69) is 6.58 Å². The molecule has 0 bridgehead atoms. The molecule has 1 atom stereocenters. The molecule has 1 amide bonds. The molecule has 1 unspecified atom stereocenters. The highest BCUT2D eigenvalue weighted by Gasteiger charge is 2.47. The summed E-state index contributed by atoms with van der Waals surface area (Å²) >= 11 is 0. The molecule has 1 aromatic rings. The molecule has 2 rings (SSSR count). The monoisotopic (exact) mass is 229 g/mol. The van der Waals surface area contributed by atoms with Crippen molar-refractivity contribution in [3.05, 3.63) is 42.5 Å². The number of fused-ring (bicyclic) bond motifs is 1. The lowest BCUT2D eigenvalue weighted by atomic mass is 9.75. The van der Waals surface area contributed by atoms with Crippen LogP contribution in [-0.2, 0) is 4.79 Å². The minimum Gasteiger partial charge on any atom is -0.314 e. The van der Waals surface area contributed by atoms with Crippen LogP contribution in [0.3, 0.4) is 0 Å². The second-order valence-corrected chi connectivity index (χ2v) is 4.54. The second-order valence-electron chi connectivity index (χ2n) is 4.54. The van der Waals surface area contributed by atoms with Crippen LogP contribution in [0, 0.1) is 5.41 Å². The summed E-state index contributed by atoms with van der Waals surface area (Å²) in [5.41, 5.74) is 0.285. The number of amides is 1. The molecule has 0 aromatic heterocycles. The summed E-state index contributed by atoms with van der Waals surface area (Å²) in [6.45, 7) is 5.31. The maximum absolute atomic E-state index is 12.4. The maximum Gasteiger partial charge on any atom is 0.240 e. The highest BCUT2D eigenvalue weighted by Crippen LogP contribution is 2.38. The number of ketones is 1. The number of allylic oxidation sites excluding steroid dienone is 1. The Morgan fingerprint density at radius 3 is 2.65 bits per heavy atom. The normalized spacial score (nSPS) is 23.5. The minimum absolute atomic E-state index is 0.115. The Morgan fingerprint density at radius 2 is 2.00 bits per heavy atom. The molecule has 3 nitrogen and oxygen atoms in total. The van der Waals surface area contributed by atoms with Gasteiger partial charge in [0.1, 0.15) is 5.41 Å². The standard InChI is InChI=1S/C14H15NO2/c1-4-9-14(2)12(16)10-7-5-6-8-11(10)15(3)13(14)17/h4-8H,1,9H2,2-3H3. The SMILES string of the molecule is C=CCC1(C)C(=O)c2ccccc2N(C)C1=O. The predicted molar refractivity (Wildman–Crippen MR) is 67.1 cm³/mol. The van der Waals surface area contributed by atoms with Crippen molar-refractivity contribution in [2.45, 2.75) is 13.3 Å². The Hall–Kier alpha value is -1.90. The molecule has 1 aliphatic heterocycles. The molecule has 0 saturated carbocycles. The van der Waals surface area contributed by atoms with Gasteiger partial charge in [-0.1, -0.05) is 18.2 Å². The van der Waals surface area contributed by atoms with Crippen molar-refractivity contribution < 1.29 is 9.59 Å². The summed E-state index contributed by atoms with van der Waals surface area (Å²) in [5.74, 6) is -0.280. The Labute approximate surface area is 101 Å². The van der Waals surface area contributed by atoms with Crippen LogP contribution < -0.4 is 4.90 Å². The van der Waals surface area contributed by atoms with E-state index in [-0.39, 0.29) is 11.7 Å². The molecular formula is C14H15NO2. The van der Waals surface area contributed by atoms with E-state index in [0.717, 1.165) is 0 Å². The third kappa shape index (κ3) is 1.50. The Bertz CT molecular complexity index is 507. The number of Topliss-reactive ketones (excluding diaryl/α,β-unsaturated/α-hetero) is 1.